The average Bonchev–Trinajstić information content (AvgIpc) is 2.50. The van der Waals surface area contributed by atoms with Gasteiger partial charge in [-0.25, -0.2) is 0 Å². The van der Waals surface area contributed by atoms with Crippen molar-refractivity contribution >= 4 is 11.8 Å². The van der Waals surface area contributed by atoms with Crippen LogP contribution in [0.3, 0.4) is 0 Å². The number of ether oxygens (including phenoxy) is 1. The lowest BCUT2D eigenvalue weighted by Gasteiger charge is -2.24. The molecule has 2 unspecified atom stereocenters. The van der Waals surface area contributed by atoms with Crippen LogP contribution in [0.2, 0.25) is 0 Å². The van der Waals surface area contributed by atoms with Gasteiger partial charge in [-0.05, 0) is 31.7 Å². The first-order chi connectivity index (χ1) is 10.2. The molecule has 0 spiro atoms. The monoisotopic (exact) mass is 301 g/mol. The summed E-state index contributed by atoms with van der Waals surface area (Å²) >= 11 is 1.84. The smallest absolute Gasteiger partial charge is 0.132 e. The molecule has 3 heteroatoms. The lowest BCUT2D eigenvalue weighted by Crippen LogP contribution is -2.25. The molecule has 0 saturated heterocycles. The molecule has 2 nitrogen and oxygen atoms in total. The molecule has 0 aliphatic heterocycles. The van der Waals surface area contributed by atoms with Gasteiger partial charge in [0.2, 0.25) is 0 Å². The van der Waals surface area contributed by atoms with E-state index in [2.05, 4.69) is 55.6 Å². The summed E-state index contributed by atoms with van der Waals surface area (Å²) in [5, 5.41) is 3.83. The first-order valence-electron chi connectivity index (χ1n) is 7.19. The zero-order valence-electron chi connectivity index (χ0n) is 13.1. The first-order valence-corrected chi connectivity index (χ1v) is 8.07. The highest BCUT2D eigenvalue weighted by Crippen LogP contribution is 2.36. The van der Waals surface area contributed by atoms with E-state index < -0.39 is 0 Å². The lowest BCUT2D eigenvalue weighted by molar-refractivity contribution is 0.404. The average molecular weight is 301 g/mol. The maximum absolute atomic E-state index is 5.44. The van der Waals surface area contributed by atoms with E-state index in [1.807, 2.05) is 30.9 Å². The van der Waals surface area contributed by atoms with E-state index in [1.165, 1.54) is 16.0 Å². The summed E-state index contributed by atoms with van der Waals surface area (Å²) in [6, 6.07) is 17.2. The van der Waals surface area contributed by atoms with Crippen LogP contribution in [-0.4, -0.2) is 19.4 Å². The van der Waals surface area contributed by atoms with Gasteiger partial charge in [-0.15, -0.1) is 11.8 Å². The second-order valence-corrected chi connectivity index (χ2v) is 6.57. The van der Waals surface area contributed by atoms with Gasteiger partial charge >= 0.3 is 0 Å². The molecule has 2 aromatic rings. The van der Waals surface area contributed by atoms with E-state index in [4.69, 9.17) is 4.74 Å². The third-order valence-corrected chi connectivity index (χ3v) is 4.83. The Morgan fingerprint density at radius 1 is 1.05 bits per heavy atom. The van der Waals surface area contributed by atoms with Crippen molar-refractivity contribution in [2.45, 2.75) is 30.0 Å². The summed E-state index contributed by atoms with van der Waals surface area (Å²) in [6.07, 6.45) is 0. The highest BCUT2D eigenvalue weighted by atomic mass is 32.2. The number of rotatable bonds is 6. The van der Waals surface area contributed by atoms with Crippen LogP contribution in [0.25, 0.3) is 0 Å². The van der Waals surface area contributed by atoms with E-state index in [-0.39, 0.29) is 0 Å². The standard InChI is InChI=1S/C18H23NOS/c1-13-9-11-15(12-10-13)18(19-3)14(2)21-17-8-6-5-7-16(17)20-4/h5-12,14,18-19H,1-4H3. The van der Waals surface area contributed by atoms with Crippen molar-refractivity contribution in [2.24, 2.45) is 0 Å². The SMILES string of the molecule is CNC(c1ccc(C)cc1)C(C)Sc1ccccc1OC. The Hall–Kier alpha value is -1.45. The zero-order chi connectivity index (χ0) is 15.2. The number of thioether (sulfide) groups is 1. The molecule has 0 fully saturated rings. The van der Waals surface area contributed by atoms with Crippen molar-refractivity contribution in [3.8, 4) is 5.75 Å². The summed E-state index contributed by atoms with van der Waals surface area (Å²) in [6.45, 7) is 4.36. The summed E-state index contributed by atoms with van der Waals surface area (Å²) in [7, 11) is 3.74. The maximum Gasteiger partial charge on any atom is 0.132 e. The Labute approximate surface area is 131 Å². The Morgan fingerprint density at radius 3 is 2.33 bits per heavy atom. The molecule has 2 rings (SSSR count). The van der Waals surface area contributed by atoms with Gasteiger partial charge in [-0.3, -0.25) is 0 Å². The van der Waals surface area contributed by atoms with Gasteiger partial charge in [0.15, 0.2) is 0 Å². The van der Waals surface area contributed by atoms with Crippen molar-refractivity contribution in [1.29, 1.82) is 0 Å². The molecule has 0 aliphatic carbocycles. The second kappa shape index (κ2) is 7.53. The molecule has 0 radical (unpaired) electrons. The number of nitrogens with one attached hydrogen (secondary N) is 1. The minimum Gasteiger partial charge on any atom is -0.496 e. The zero-order valence-corrected chi connectivity index (χ0v) is 13.9. The maximum atomic E-state index is 5.44. The molecule has 0 aromatic heterocycles. The molecule has 0 aliphatic rings. The summed E-state index contributed by atoms with van der Waals surface area (Å²) in [5.41, 5.74) is 2.61. The van der Waals surface area contributed by atoms with E-state index in [0.29, 0.717) is 11.3 Å². The van der Waals surface area contributed by atoms with Gasteiger partial charge in [0.25, 0.3) is 0 Å². The number of hydrogen-bond acceptors (Lipinski definition) is 3. The Bertz CT molecular complexity index is 568. The molecule has 1 N–H and O–H groups in total. The minimum absolute atomic E-state index is 0.306. The highest BCUT2D eigenvalue weighted by Gasteiger charge is 2.19. The van der Waals surface area contributed by atoms with Crippen molar-refractivity contribution in [3.63, 3.8) is 0 Å². The van der Waals surface area contributed by atoms with Crippen molar-refractivity contribution < 1.29 is 4.74 Å². The van der Waals surface area contributed by atoms with Crippen LogP contribution in [0.5, 0.6) is 5.75 Å². The molecule has 0 saturated carbocycles. The highest BCUT2D eigenvalue weighted by molar-refractivity contribution is 8.00. The Morgan fingerprint density at radius 2 is 1.71 bits per heavy atom. The molecular formula is C18H23NOS. The van der Waals surface area contributed by atoms with E-state index in [1.54, 1.807) is 7.11 Å². The first kappa shape index (κ1) is 15.9. The van der Waals surface area contributed by atoms with E-state index in [9.17, 15) is 0 Å². The molecule has 21 heavy (non-hydrogen) atoms. The van der Waals surface area contributed by atoms with Crippen molar-refractivity contribution in [2.75, 3.05) is 14.2 Å². The number of methoxy groups -OCH3 is 1. The fourth-order valence-electron chi connectivity index (χ4n) is 2.43. The summed E-state index contributed by atoms with van der Waals surface area (Å²) in [4.78, 5) is 1.18. The summed E-state index contributed by atoms with van der Waals surface area (Å²) in [5.74, 6) is 0.938. The fourth-order valence-corrected chi connectivity index (χ4v) is 3.69. The van der Waals surface area contributed by atoms with Gasteiger partial charge < -0.3 is 10.1 Å². The predicted octanol–water partition coefficient (Wildman–Crippen LogP) is 4.44. The minimum atomic E-state index is 0.306. The van der Waals surface area contributed by atoms with Crippen molar-refractivity contribution in [3.05, 3.63) is 59.7 Å². The Balaban J connectivity index is 2.16. The van der Waals surface area contributed by atoms with Crippen LogP contribution < -0.4 is 10.1 Å². The molecule has 112 valence electrons. The predicted molar refractivity (Wildman–Crippen MR) is 91.3 cm³/mol. The van der Waals surface area contributed by atoms with Crippen LogP contribution in [0.4, 0.5) is 0 Å². The van der Waals surface area contributed by atoms with Crippen molar-refractivity contribution in [1.82, 2.24) is 5.32 Å². The third-order valence-electron chi connectivity index (χ3n) is 3.60. The van der Waals surface area contributed by atoms with Crippen LogP contribution in [0.15, 0.2) is 53.4 Å². The normalized spacial score (nSPS) is 13.7. The molecule has 0 amide bonds. The molecular weight excluding hydrogens is 278 g/mol. The lowest BCUT2D eigenvalue weighted by atomic mass is 10.0. The van der Waals surface area contributed by atoms with Gasteiger partial charge in [0.1, 0.15) is 5.75 Å². The van der Waals surface area contributed by atoms with Crippen LogP contribution in [0, 0.1) is 6.92 Å². The second-order valence-electron chi connectivity index (χ2n) is 5.15. The Kier molecular flexibility index (Phi) is 5.71. The molecule has 2 atom stereocenters. The summed E-state index contributed by atoms with van der Waals surface area (Å²) < 4.78 is 5.44. The number of benzene rings is 2. The molecule has 0 bridgehead atoms. The fraction of sp³-hybridized carbons (Fsp3) is 0.333. The van der Waals surface area contributed by atoms with Gasteiger partial charge in [-0.1, -0.05) is 48.9 Å². The van der Waals surface area contributed by atoms with Crippen LogP contribution in [0.1, 0.15) is 24.1 Å². The van der Waals surface area contributed by atoms with Crippen LogP contribution >= 0.6 is 11.8 Å². The van der Waals surface area contributed by atoms with Gasteiger partial charge in [-0.2, -0.15) is 0 Å². The van der Waals surface area contributed by atoms with E-state index in [0.717, 1.165) is 5.75 Å². The number of hydrogen-bond donors (Lipinski definition) is 1. The largest absolute Gasteiger partial charge is 0.496 e. The van der Waals surface area contributed by atoms with Crippen LogP contribution in [-0.2, 0) is 0 Å². The topological polar surface area (TPSA) is 21.3 Å². The third kappa shape index (κ3) is 4.02. The molecule has 2 aromatic carbocycles. The van der Waals surface area contributed by atoms with E-state index >= 15 is 0 Å². The number of para-hydroxylation sites is 1. The quantitative estimate of drug-likeness (QED) is 0.797. The van der Waals surface area contributed by atoms with Gasteiger partial charge in [0, 0.05) is 16.2 Å². The van der Waals surface area contributed by atoms with Gasteiger partial charge in [0.05, 0.1) is 7.11 Å². The molecule has 0 heterocycles. The number of aryl methyl sites for hydroxylation is 1.